The van der Waals surface area contributed by atoms with Gasteiger partial charge in [0.15, 0.2) is 0 Å². The summed E-state index contributed by atoms with van der Waals surface area (Å²) in [5.74, 6) is 0.880. The number of fused-ring (bicyclic) bond motifs is 1. The number of aromatic nitrogens is 3. The predicted molar refractivity (Wildman–Crippen MR) is 99.2 cm³/mol. The molecule has 0 bridgehead atoms. The van der Waals surface area contributed by atoms with Crippen molar-refractivity contribution in [1.82, 2.24) is 19.9 Å². The average molecular weight is 350 g/mol. The lowest BCUT2D eigenvalue weighted by Gasteiger charge is -2.25. The van der Waals surface area contributed by atoms with E-state index in [0.29, 0.717) is 5.56 Å². The third-order valence-electron chi connectivity index (χ3n) is 5.07. The summed E-state index contributed by atoms with van der Waals surface area (Å²) in [4.78, 5) is 15.1. The van der Waals surface area contributed by atoms with E-state index in [9.17, 15) is 4.79 Å². The lowest BCUT2D eigenvalue weighted by molar-refractivity contribution is 0.0736. The van der Waals surface area contributed by atoms with Crippen LogP contribution in [0, 0.1) is 0 Å². The lowest BCUT2D eigenvalue weighted by atomic mass is 10.0. The number of likely N-dealkylation sites (tertiary alicyclic amines) is 1. The number of hydrogen-bond donors (Lipinski definition) is 0. The molecule has 134 valence electrons. The van der Waals surface area contributed by atoms with Crippen molar-refractivity contribution in [3.8, 4) is 5.75 Å². The minimum Gasteiger partial charge on any atom is -0.497 e. The minimum absolute atomic E-state index is 0.0521. The second kappa shape index (κ2) is 6.78. The Morgan fingerprint density at radius 2 is 2.04 bits per heavy atom. The van der Waals surface area contributed by atoms with E-state index in [1.165, 1.54) is 0 Å². The van der Waals surface area contributed by atoms with E-state index in [1.807, 2.05) is 59.0 Å². The van der Waals surface area contributed by atoms with Crippen molar-refractivity contribution in [2.24, 2.45) is 0 Å². The molecule has 1 atom stereocenters. The number of hydrogen-bond acceptors (Lipinski definition) is 4. The van der Waals surface area contributed by atoms with Gasteiger partial charge in [0.1, 0.15) is 11.3 Å². The molecular weight excluding hydrogens is 328 g/mol. The van der Waals surface area contributed by atoms with Gasteiger partial charge >= 0.3 is 0 Å². The van der Waals surface area contributed by atoms with Gasteiger partial charge in [0.05, 0.1) is 18.7 Å². The maximum Gasteiger partial charge on any atom is 0.254 e. The monoisotopic (exact) mass is 350 g/mol. The molecule has 0 N–H and O–H groups in total. The van der Waals surface area contributed by atoms with Crippen molar-refractivity contribution in [3.63, 3.8) is 0 Å². The molecule has 6 nitrogen and oxygen atoms in total. The molecule has 2 heterocycles. The standard InChI is InChI=1S/C20H22N4O2/c1-3-24-19-11-8-15(13-17(19)21-22-24)20(25)23-12-4-5-18(23)14-6-9-16(26-2)10-7-14/h6-11,13,18H,3-5,12H2,1-2H3. The van der Waals surface area contributed by atoms with Crippen LogP contribution in [0.5, 0.6) is 5.75 Å². The topological polar surface area (TPSA) is 60.2 Å². The fraction of sp³-hybridized carbons (Fsp3) is 0.350. The number of amides is 1. The highest BCUT2D eigenvalue weighted by molar-refractivity contribution is 5.97. The Balaban J connectivity index is 1.61. The molecule has 6 heteroatoms. The highest BCUT2D eigenvalue weighted by atomic mass is 16.5. The van der Waals surface area contributed by atoms with Crippen molar-refractivity contribution < 1.29 is 9.53 Å². The van der Waals surface area contributed by atoms with Crippen LogP contribution in [0.25, 0.3) is 11.0 Å². The van der Waals surface area contributed by atoms with Crippen LogP contribution in [0.3, 0.4) is 0 Å². The molecule has 1 fully saturated rings. The summed E-state index contributed by atoms with van der Waals surface area (Å²) in [5.41, 5.74) is 3.53. The number of aryl methyl sites for hydroxylation is 1. The van der Waals surface area contributed by atoms with Crippen LogP contribution in [0.15, 0.2) is 42.5 Å². The van der Waals surface area contributed by atoms with Gasteiger partial charge in [0.2, 0.25) is 0 Å². The quantitative estimate of drug-likeness (QED) is 0.723. The molecular formula is C20H22N4O2. The Morgan fingerprint density at radius 3 is 2.77 bits per heavy atom. The summed E-state index contributed by atoms with van der Waals surface area (Å²) in [6, 6.07) is 13.8. The van der Waals surface area contributed by atoms with Gasteiger partial charge < -0.3 is 9.64 Å². The van der Waals surface area contributed by atoms with Crippen molar-refractivity contribution in [3.05, 3.63) is 53.6 Å². The summed E-state index contributed by atoms with van der Waals surface area (Å²) < 4.78 is 7.07. The second-order valence-corrected chi connectivity index (χ2v) is 6.54. The maximum atomic E-state index is 13.1. The van der Waals surface area contributed by atoms with Crippen LogP contribution in [-0.4, -0.2) is 39.5 Å². The molecule has 0 radical (unpaired) electrons. The largest absolute Gasteiger partial charge is 0.497 e. The molecule has 1 aliphatic rings. The maximum absolute atomic E-state index is 13.1. The molecule has 1 aliphatic heterocycles. The molecule has 0 aliphatic carbocycles. The van der Waals surface area contributed by atoms with Crippen LogP contribution in [-0.2, 0) is 6.54 Å². The van der Waals surface area contributed by atoms with E-state index in [4.69, 9.17) is 4.74 Å². The first kappa shape index (κ1) is 16.6. The van der Waals surface area contributed by atoms with E-state index < -0.39 is 0 Å². The van der Waals surface area contributed by atoms with Gasteiger partial charge in [0.25, 0.3) is 5.91 Å². The second-order valence-electron chi connectivity index (χ2n) is 6.54. The molecule has 0 spiro atoms. The zero-order valence-electron chi connectivity index (χ0n) is 15.1. The Labute approximate surface area is 152 Å². The number of nitrogens with zero attached hydrogens (tertiary/aromatic N) is 4. The molecule has 2 aromatic carbocycles. The van der Waals surface area contributed by atoms with Gasteiger partial charge in [-0.2, -0.15) is 0 Å². The van der Waals surface area contributed by atoms with Crippen LogP contribution in [0.2, 0.25) is 0 Å². The molecule has 1 amide bonds. The molecule has 3 aromatic rings. The molecule has 4 rings (SSSR count). The zero-order valence-corrected chi connectivity index (χ0v) is 15.1. The third kappa shape index (κ3) is 2.81. The van der Waals surface area contributed by atoms with Gasteiger partial charge in [-0.05, 0) is 55.7 Å². The molecule has 1 unspecified atom stereocenters. The molecule has 26 heavy (non-hydrogen) atoms. The summed E-state index contributed by atoms with van der Waals surface area (Å²) in [7, 11) is 1.66. The third-order valence-corrected chi connectivity index (χ3v) is 5.07. The van der Waals surface area contributed by atoms with Gasteiger partial charge in [0, 0.05) is 18.7 Å². The van der Waals surface area contributed by atoms with Crippen molar-refractivity contribution >= 4 is 16.9 Å². The molecule has 0 saturated carbocycles. The smallest absolute Gasteiger partial charge is 0.254 e. The number of methoxy groups -OCH3 is 1. The van der Waals surface area contributed by atoms with Crippen LogP contribution in [0.4, 0.5) is 0 Å². The van der Waals surface area contributed by atoms with Crippen molar-refractivity contribution in [2.75, 3.05) is 13.7 Å². The summed E-state index contributed by atoms with van der Waals surface area (Å²) in [6.45, 7) is 3.56. The van der Waals surface area contributed by atoms with E-state index in [1.54, 1.807) is 7.11 Å². The highest BCUT2D eigenvalue weighted by Gasteiger charge is 2.30. The average Bonchev–Trinajstić information content (AvgIpc) is 3.33. The van der Waals surface area contributed by atoms with Gasteiger partial charge in [-0.1, -0.05) is 17.3 Å². The van der Waals surface area contributed by atoms with Gasteiger partial charge in [-0.15, -0.1) is 5.10 Å². The van der Waals surface area contributed by atoms with E-state index in [0.717, 1.165) is 48.3 Å². The van der Waals surface area contributed by atoms with Crippen molar-refractivity contribution in [1.29, 1.82) is 0 Å². The van der Waals surface area contributed by atoms with Crippen LogP contribution in [0.1, 0.15) is 41.7 Å². The SMILES string of the molecule is CCn1nnc2cc(C(=O)N3CCCC3c3ccc(OC)cc3)ccc21. The minimum atomic E-state index is 0.0521. The van der Waals surface area contributed by atoms with Crippen molar-refractivity contribution in [2.45, 2.75) is 32.4 Å². The number of benzene rings is 2. The summed E-state index contributed by atoms with van der Waals surface area (Å²) >= 11 is 0. The van der Waals surface area contributed by atoms with E-state index in [-0.39, 0.29) is 11.9 Å². The number of rotatable bonds is 4. The molecule has 1 aromatic heterocycles. The van der Waals surface area contributed by atoms with Gasteiger partial charge in [-0.25, -0.2) is 4.68 Å². The Hall–Kier alpha value is -2.89. The zero-order chi connectivity index (χ0) is 18.1. The molecule has 1 saturated heterocycles. The predicted octanol–water partition coefficient (Wildman–Crippen LogP) is 3.44. The fourth-order valence-corrected chi connectivity index (χ4v) is 3.69. The van der Waals surface area contributed by atoms with Crippen LogP contribution >= 0.6 is 0 Å². The number of carbonyl (C=O) groups is 1. The number of carbonyl (C=O) groups excluding carboxylic acids is 1. The first-order chi connectivity index (χ1) is 12.7. The highest BCUT2D eigenvalue weighted by Crippen LogP contribution is 2.34. The lowest BCUT2D eigenvalue weighted by Crippen LogP contribution is -2.30. The Morgan fingerprint density at radius 1 is 1.23 bits per heavy atom. The summed E-state index contributed by atoms with van der Waals surface area (Å²) in [5, 5.41) is 8.30. The Bertz CT molecular complexity index is 933. The Kier molecular flexibility index (Phi) is 4.32. The first-order valence-corrected chi connectivity index (χ1v) is 8.99. The first-order valence-electron chi connectivity index (χ1n) is 8.99. The van der Waals surface area contributed by atoms with E-state index in [2.05, 4.69) is 10.3 Å². The van der Waals surface area contributed by atoms with E-state index >= 15 is 0 Å². The fourth-order valence-electron chi connectivity index (χ4n) is 3.69. The normalized spacial score (nSPS) is 17.0. The number of ether oxygens (including phenoxy) is 1. The summed E-state index contributed by atoms with van der Waals surface area (Å²) in [6.07, 6.45) is 1.99. The van der Waals surface area contributed by atoms with Gasteiger partial charge in [-0.3, -0.25) is 4.79 Å². The van der Waals surface area contributed by atoms with Crippen LogP contribution < -0.4 is 4.74 Å².